The standard InChI is InChI=1S/C17H21N3O5S/c1-26(24,25)19-9-4-5-12(11-19)18-15(21)8-10-20-16(22)13-6-2-3-7-14(13)17(20)23/h2-3,6-7,12H,4-5,8-11H2,1H3,(H,18,21). The maximum absolute atomic E-state index is 12.3. The highest BCUT2D eigenvalue weighted by Crippen LogP contribution is 2.22. The predicted octanol–water partition coefficient (Wildman–Crippen LogP) is 0.213. The number of hydrogen-bond donors (Lipinski definition) is 1. The fraction of sp³-hybridized carbons (Fsp3) is 0.471. The van der Waals surface area contributed by atoms with Crippen LogP contribution in [0.15, 0.2) is 24.3 Å². The third-order valence-corrected chi connectivity index (χ3v) is 5.93. The van der Waals surface area contributed by atoms with Crippen molar-refractivity contribution in [3.05, 3.63) is 35.4 Å². The minimum Gasteiger partial charge on any atom is -0.352 e. The van der Waals surface area contributed by atoms with Crippen LogP contribution in [-0.4, -0.2) is 67.3 Å². The Hall–Kier alpha value is -2.26. The molecule has 9 heteroatoms. The Morgan fingerprint density at radius 1 is 1.19 bits per heavy atom. The fourth-order valence-electron chi connectivity index (χ4n) is 3.32. The molecule has 1 atom stereocenters. The smallest absolute Gasteiger partial charge is 0.261 e. The SMILES string of the molecule is CS(=O)(=O)N1CCCC(NC(=O)CCN2C(=O)c3ccccc3C2=O)C1. The number of fused-ring (bicyclic) bond motifs is 1. The average Bonchev–Trinajstić information content (AvgIpc) is 2.84. The molecule has 1 unspecified atom stereocenters. The summed E-state index contributed by atoms with van der Waals surface area (Å²) in [6.45, 7) is 0.707. The summed E-state index contributed by atoms with van der Waals surface area (Å²) in [5.74, 6) is -1.08. The van der Waals surface area contributed by atoms with Crippen LogP contribution >= 0.6 is 0 Å². The quantitative estimate of drug-likeness (QED) is 0.737. The molecule has 3 rings (SSSR count). The molecule has 1 saturated heterocycles. The van der Waals surface area contributed by atoms with Crippen LogP contribution in [0, 0.1) is 0 Å². The van der Waals surface area contributed by atoms with Crippen LogP contribution in [0.1, 0.15) is 40.0 Å². The van der Waals surface area contributed by atoms with Crippen molar-refractivity contribution in [3.8, 4) is 0 Å². The number of imide groups is 1. The van der Waals surface area contributed by atoms with Gasteiger partial charge in [0.15, 0.2) is 0 Å². The number of carbonyl (C=O) groups is 3. The van der Waals surface area contributed by atoms with Gasteiger partial charge < -0.3 is 5.32 Å². The van der Waals surface area contributed by atoms with Gasteiger partial charge in [-0.2, -0.15) is 0 Å². The molecular formula is C17H21N3O5S. The summed E-state index contributed by atoms with van der Waals surface area (Å²) in [5.41, 5.74) is 0.711. The van der Waals surface area contributed by atoms with Crippen LogP contribution in [-0.2, 0) is 14.8 Å². The lowest BCUT2D eigenvalue weighted by molar-refractivity contribution is -0.122. The average molecular weight is 379 g/mol. The summed E-state index contributed by atoms with van der Waals surface area (Å²) in [7, 11) is -3.28. The highest BCUT2D eigenvalue weighted by Gasteiger charge is 2.35. The fourth-order valence-corrected chi connectivity index (χ4v) is 4.23. The second kappa shape index (κ2) is 7.16. The summed E-state index contributed by atoms with van der Waals surface area (Å²) in [6.07, 6.45) is 2.52. The van der Waals surface area contributed by atoms with E-state index < -0.39 is 10.0 Å². The van der Waals surface area contributed by atoms with Crippen LogP contribution in [0.2, 0.25) is 0 Å². The molecule has 140 valence electrons. The summed E-state index contributed by atoms with van der Waals surface area (Å²) >= 11 is 0. The van der Waals surface area contributed by atoms with E-state index in [1.165, 1.54) is 4.31 Å². The van der Waals surface area contributed by atoms with Gasteiger partial charge in [0, 0.05) is 32.1 Å². The van der Waals surface area contributed by atoms with Crippen molar-refractivity contribution >= 4 is 27.7 Å². The second-order valence-electron chi connectivity index (χ2n) is 6.59. The van der Waals surface area contributed by atoms with Crippen molar-refractivity contribution in [3.63, 3.8) is 0 Å². The van der Waals surface area contributed by atoms with Crippen molar-refractivity contribution in [1.29, 1.82) is 0 Å². The normalized spacial score (nSPS) is 21.0. The number of amides is 3. The van der Waals surface area contributed by atoms with Crippen LogP contribution < -0.4 is 5.32 Å². The first-order valence-electron chi connectivity index (χ1n) is 8.47. The predicted molar refractivity (Wildman–Crippen MR) is 94.0 cm³/mol. The number of nitrogens with zero attached hydrogens (tertiary/aromatic N) is 2. The molecule has 0 bridgehead atoms. The largest absolute Gasteiger partial charge is 0.352 e. The maximum atomic E-state index is 12.3. The zero-order valence-corrected chi connectivity index (χ0v) is 15.3. The number of rotatable bonds is 5. The van der Waals surface area contributed by atoms with Crippen molar-refractivity contribution < 1.29 is 22.8 Å². The molecule has 8 nitrogen and oxygen atoms in total. The zero-order valence-electron chi connectivity index (χ0n) is 14.5. The van der Waals surface area contributed by atoms with Gasteiger partial charge in [-0.1, -0.05) is 12.1 Å². The highest BCUT2D eigenvalue weighted by atomic mass is 32.2. The third-order valence-electron chi connectivity index (χ3n) is 4.66. The molecule has 2 heterocycles. The molecular weight excluding hydrogens is 358 g/mol. The van der Waals surface area contributed by atoms with Gasteiger partial charge in [0.2, 0.25) is 15.9 Å². The first-order chi connectivity index (χ1) is 12.3. The van der Waals surface area contributed by atoms with Gasteiger partial charge in [-0.3, -0.25) is 19.3 Å². The lowest BCUT2D eigenvalue weighted by Crippen LogP contribution is -2.49. The van der Waals surface area contributed by atoms with E-state index in [0.717, 1.165) is 11.2 Å². The molecule has 3 amide bonds. The lowest BCUT2D eigenvalue weighted by Gasteiger charge is -2.31. The lowest BCUT2D eigenvalue weighted by atomic mass is 10.1. The Labute approximate surface area is 152 Å². The van der Waals surface area contributed by atoms with Crippen LogP contribution in [0.3, 0.4) is 0 Å². The van der Waals surface area contributed by atoms with Crippen molar-refractivity contribution in [1.82, 2.24) is 14.5 Å². The zero-order chi connectivity index (χ0) is 18.9. The molecule has 1 aromatic rings. The molecule has 1 fully saturated rings. The van der Waals surface area contributed by atoms with E-state index in [4.69, 9.17) is 0 Å². The minimum atomic E-state index is -3.28. The Balaban J connectivity index is 1.54. The van der Waals surface area contributed by atoms with Crippen LogP contribution in [0.25, 0.3) is 0 Å². The van der Waals surface area contributed by atoms with E-state index in [2.05, 4.69) is 5.32 Å². The molecule has 0 aromatic heterocycles. The van der Waals surface area contributed by atoms with Gasteiger partial charge in [-0.25, -0.2) is 12.7 Å². The van der Waals surface area contributed by atoms with Gasteiger partial charge in [-0.15, -0.1) is 0 Å². The first kappa shape index (κ1) is 18.5. The van der Waals surface area contributed by atoms with E-state index >= 15 is 0 Å². The van der Waals surface area contributed by atoms with Gasteiger partial charge in [-0.05, 0) is 25.0 Å². The van der Waals surface area contributed by atoms with Crippen LogP contribution in [0.5, 0.6) is 0 Å². The molecule has 0 spiro atoms. The van der Waals surface area contributed by atoms with Gasteiger partial charge in [0.05, 0.1) is 17.4 Å². The first-order valence-corrected chi connectivity index (χ1v) is 10.3. The number of hydrogen-bond acceptors (Lipinski definition) is 5. The minimum absolute atomic E-state index is 0.000685. The highest BCUT2D eigenvalue weighted by molar-refractivity contribution is 7.88. The summed E-state index contributed by atoms with van der Waals surface area (Å²) in [5, 5.41) is 2.80. The molecule has 0 radical (unpaired) electrons. The van der Waals surface area contributed by atoms with E-state index in [-0.39, 0.29) is 43.3 Å². The Kier molecular flexibility index (Phi) is 5.10. The number of carbonyl (C=O) groups excluding carboxylic acids is 3. The summed E-state index contributed by atoms with van der Waals surface area (Å²) < 4.78 is 24.6. The monoisotopic (exact) mass is 379 g/mol. The van der Waals surface area contributed by atoms with Crippen molar-refractivity contribution in [2.75, 3.05) is 25.9 Å². The van der Waals surface area contributed by atoms with E-state index in [1.807, 2.05) is 0 Å². The number of nitrogens with one attached hydrogen (secondary N) is 1. The number of benzene rings is 1. The van der Waals surface area contributed by atoms with Crippen molar-refractivity contribution in [2.45, 2.75) is 25.3 Å². The third kappa shape index (κ3) is 3.78. The Bertz CT molecular complexity index is 817. The van der Waals surface area contributed by atoms with E-state index in [0.29, 0.717) is 30.5 Å². The molecule has 1 N–H and O–H groups in total. The molecule has 26 heavy (non-hydrogen) atoms. The summed E-state index contributed by atoms with van der Waals surface area (Å²) in [6, 6.07) is 6.32. The Morgan fingerprint density at radius 2 is 1.81 bits per heavy atom. The van der Waals surface area contributed by atoms with Gasteiger partial charge in [0.25, 0.3) is 11.8 Å². The topological polar surface area (TPSA) is 104 Å². The number of piperidine rings is 1. The van der Waals surface area contributed by atoms with Crippen molar-refractivity contribution in [2.24, 2.45) is 0 Å². The second-order valence-corrected chi connectivity index (χ2v) is 8.57. The summed E-state index contributed by atoms with van der Waals surface area (Å²) in [4.78, 5) is 37.8. The molecule has 0 saturated carbocycles. The van der Waals surface area contributed by atoms with Gasteiger partial charge >= 0.3 is 0 Å². The number of sulfonamides is 1. The molecule has 1 aromatic carbocycles. The van der Waals surface area contributed by atoms with Crippen LogP contribution in [0.4, 0.5) is 0 Å². The van der Waals surface area contributed by atoms with Gasteiger partial charge in [0.1, 0.15) is 0 Å². The Morgan fingerprint density at radius 3 is 2.38 bits per heavy atom. The molecule has 0 aliphatic carbocycles. The van der Waals surface area contributed by atoms with E-state index in [1.54, 1.807) is 24.3 Å². The maximum Gasteiger partial charge on any atom is 0.261 e. The molecule has 2 aliphatic rings. The molecule has 2 aliphatic heterocycles. The van der Waals surface area contributed by atoms with E-state index in [9.17, 15) is 22.8 Å².